The first-order valence-electron chi connectivity index (χ1n) is 4.94. The zero-order valence-corrected chi connectivity index (χ0v) is 13.1. The summed E-state index contributed by atoms with van der Waals surface area (Å²) in [6.45, 7) is 2.45. The highest BCUT2D eigenvalue weighted by atomic mass is 79.9. The van der Waals surface area contributed by atoms with Gasteiger partial charge in [-0.1, -0.05) is 18.5 Å². The second-order valence-electron chi connectivity index (χ2n) is 3.26. The number of hydrogen-bond acceptors (Lipinski definition) is 2. The molecule has 3 nitrogen and oxygen atoms in total. The Kier molecular flexibility index (Phi) is 5.73. The van der Waals surface area contributed by atoms with E-state index in [1.54, 1.807) is 13.0 Å². The van der Waals surface area contributed by atoms with E-state index < -0.39 is 10.0 Å². The molecule has 96 valence electrons. The van der Waals surface area contributed by atoms with Crippen molar-refractivity contribution < 1.29 is 8.42 Å². The van der Waals surface area contributed by atoms with Gasteiger partial charge in [-0.2, -0.15) is 4.31 Å². The van der Waals surface area contributed by atoms with Crippen molar-refractivity contribution in [2.24, 2.45) is 0 Å². The summed E-state index contributed by atoms with van der Waals surface area (Å²) in [5, 5.41) is 0.476. The molecule has 0 saturated carbocycles. The molecule has 1 rings (SSSR count). The molecule has 7 heteroatoms. The Balaban J connectivity index is 3.15. The quantitative estimate of drug-likeness (QED) is 0.755. The Hall–Kier alpha value is 0.190. The molecule has 0 amide bonds. The SMILES string of the molecule is CCN(CCCl)S(=O)(=O)c1ccc(Cl)c(Br)c1. The molecule has 0 heterocycles. The Bertz CT molecular complexity index is 493. The van der Waals surface area contributed by atoms with Gasteiger partial charge in [0.15, 0.2) is 0 Å². The van der Waals surface area contributed by atoms with Gasteiger partial charge in [-0.25, -0.2) is 8.42 Å². The predicted molar refractivity (Wildman–Crippen MR) is 74.3 cm³/mol. The minimum Gasteiger partial charge on any atom is -0.207 e. The molecule has 0 fully saturated rings. The number of hydrogen-bond donors (Lipinski definition) is 0. The molecular weight excluding hydrogens is 349 g/mol. The summed E-state index contributed by atoms with van der Waals surface area (Å²) >= 11 is 14.6. The molecule has 0 radical (unpaired) electrons. The summed E-state index contributed by atoms with van der Waals surface area (Å²) in [5.41, 5.74) is 0. The summed E-state index contributed by atoms with van der Waals surface area (Å²) in [5.74, 6) is 0.266. The van der Waals surface area contributed by atoms with E-state index in [0.29, 0.717) is 22.6 Å². The number of rotatable bonds is 5. The molecule has 17 heavy (non-hydrogen) atoms. The lowest BCUT2D eigenvalue weighted by atomic mass is 10.4. The number of nitrogens with zero attached hydrogens (tertiary/aromatic N) is 1. The number of alkyl halides is 1. The molecule has 0 aromatic heterocycles. The van der Waals surface area contributed by atoms with Crippen LogP contribution < -0.4 is 0 Å². The van der Waals surface area contributed by atoms with Crippen LogP contribution in [0, 0.1) is 0 Å². The first-order chi connectivity index (χ1) is 7.93. The molecule has 0 bridgehead atoms. The maximum atomic E-state index is 12.2. The average Bonchev–Trinajstić information content (AvgIpc) is 2.29. The maximum absolute atomic E-state index is 12.2. The number of halogens is 3. The molecular formula is C10H12BrCl2NO2S. The Morgan fingerprint density at radius 2 is 2.06 bits per heavy atom. The zero-order chi connectivity index (χ0) is 13.1. The molecule has 1 aromatic carbocycles. The maximum Gasteiger partial charge on any atom is 0.243 e. The first-order valence-corrected chi connectivity index (χ1v) is 8.09. The summed E-state index contributed by atoms with van der Waals surface area (Å²) in [7, 11) is -3.49. The standard InChI is InChI=1S/C10H12BrCl2NO2S/c1-2-14(6-5-12)17(15,16)8-3-4-10(13)9(11)7-8/h3-4,7H,2,5-6H2,1H3. The van der Waals surface area contributed by atoms with Gasteiger partial charge in [-0.15, -0.1) is 11.6 Å². The fourth-order valence-corrected chi connectivity index (χ4v) is 3.76. The highest BCUT2D eigenvalue weighted by Crippen LogP contribution is 2.26. The summed E-state index contributed by atoms with van der Waals surface area (Å²) in [4.78, 5) is 0.209. The Labute approximate surface area is 120 Å². The van der Waals surface area contributed by atoms with Crippen LogP contribution in [0.5, 0.6) is 0 Å². The lowest BCUT2D eigenvalue weighted by Gasteiger charge is -2.19. The molecule has 0 spiro atoms. The van der Waals surface area contributed by atoms with Crippen molar-refractivity contribution in [2.45, 2.75) is 11.8 Å². The molecule has 0 aliphatic carbocycles. The fourth-order valence-electron chi connectivity index (χ4n) is 1.33. The average molecular weight is 361 g/mol. The van der Waals surface area contributed by atoms with Crippen LogP contribution in [0.4, 0.5) is 0 Å². The largest absolute Gasteiger partial charge is 0.243 e. The van der Waals surface area contributed by atoms with Crippen LogP contribution >= 0.6 is 39.1 Å². The van der Waals surface area contributed by atoms with Crippen LogP contribution in [0.3, 0.4) is 0 Å². The van der Waals surface area contributed by atoms with Crippen LogP contribution in [0.25, 0.3) is 0 Å². The van der Waals surface area contributed by atoms with Gasteiger partial charge in [0, 0.05) is 23.4 Å². The highest BCUT2D eigenvalue weighted by molar-refractivity contribution is 9.10. The molecule has 0 atom stereocenters. The predicted octanol–water partition coefficient (Wildman–Crippen LogP) is 3.35. The molecule has 0 saturated heterocycles. The van der Waals surface area contributed by atoms with E-state index >= 15 is 0 Å². The molecule has 1 aromatic rings. The van der Waals surface area contributed by atoms with Crippen molar-refractivity contribution >= 4 is 49.2 Å². The van der Waals surface area contributed by atoms with Gasteiger partial charge in [0.05, 0.1) is 9.92 Å². The highest BCUT2D eigenvalue weighted by Gasteiger charge is 2.22. The van der Waals surface area contributed by atoms with Crippen LogP contribution in [0.2, 0.25) is 5.02 Å². The van der Waals surface area contributed by atoms with E-state index in [2.05, 4.69) is 15.9 Å². The third-order valence-electron chi connectivity index (χ3n) is 2.22. The normalized spacial score (nSPS) is 12.1. The Morgan fingerprint density at radius 3 is 2.53 bits per heavy atom. The first kappa shape index (κ1) is 15.2. The van der Waals surface area contributed by atoms with Crippen molar-refractivity contribution in [3.8, 4) is 0 Å². The van der Waals surface area contributed by atoms with Crippen molar-refractivity contribution in [1.29, 1.82) is 0 Å². The van der Waals surface area contributed by atoms with Gasteiger partial charge in [0.25, 0.3) is 0 Å². The van der Waals surface area contributed by atoms with E-state index in [1.807, 2.05) is 0 Å². The van der Waals surface area contributed by atoms with Crippen molar-refractivity contribution in [3.63, 3.8) is 0 Å². The minimum absolute atomic E-state index is 0.209. The van der Waals surface area contributed by atoms with Gasteiger partial charge in [-0.3, -0.25) is 0 Å². The van der Waals surface area contributed by atoms with Crippen molar-refractivity contribution in [3.05, 3.63) is 27.7 Å². The molecule has 0 aliphatic heterocycles. The number of sulfonamides is 1. The van der Waals surface area contributed by atoms with E-state index in [0.717, 1.165) is 0 Å². The van der Waals surface area contributed by atoms with Crippen LogP contribution in [0.1, 0.15) is 6.92 Å². The van der Waals surface area contributed by atoms with Gasteiger partial charge < -0.3 is 0 Å². The number of benzene rings is 1. The second kappa shape index (κ2) is 6.38. The summed E-state index contributed by atoms with van der Waals surface area (Å²) in [6, 6.07) is 4.53. The van der Waals surface area contributed by atoms with Crippen LogP contribution in [0.15, 0.2) is 27.6 Å². The topological polar surface area (TPSA) is 37.4 Å². The van der Waals surface area contributed by atoms with Gasteiger partial charge in [0.1, 0.15) is 0 Å². The van der Waals surface area contributed by atoms with E-state index in [-0.39, 0.29) is 10.8 Å². The van der Waals surface area contributed by atoms with Crippen molar-refractivity contribution in [2.75, 3.05) is 19.0 Å². The fraction of sp³-hybridized carbons (Fsp3) is 0.400. The summed E-state index contributed by atoms with van der Waals surface area (Å²) in [6.07, 6.45) is 0. The third kappa shape index (κ3) is 3.58. The van der Waals surface area contributed by atoms with Crippen molar-refractivity contribution in [1.82, 2.24) is 4.31 Å². The molecule has 0 N–H and O–H groups in total. The smallest absolute Gasteiger partial charge is 0.207 e. The zero-order valence-electron chi connectivity index (χ0n) is 9.16. The minimum atomic E-state index is -3.49. The van der Waals surface area contributed by atoms with Gasteiger partial charge >= 0.3 is 0 Å². The van der Waals surface area contributed by atoms with Crippen LogP contribution in [-0.4, -0.2) is 31.7 Å². The molecule has 0 aliphatic rings. The van der Waals surface area contributed by atoms with E-state index in [4.69, 9.17) is 23.2 Å². The lowest BCUT2D eigenvalue weighted by Crippen LogP contribution is -2.32. The van der Waals surface area contributed by atoms with Gasteiger partial charge in [-0.05, 0) is 34.1 Å². The van der Waals surface area contributed by atoms with E-state index in [1.165, 1.54) is 16.4 Å². The second-order valence-corrected chi connectivity index (χ2v) is 6.84. The molecule has 0 unspecified atom stereocenters. The monoisotopic (exact) mass is 359 g/mol. The van der Waals surface area contributed by atoms with Gasteiger partial charge in [0.2, 0.25) is 10.0 Å². The van der Waals surface area contributed by atoms with E-state index in [9.17, 15) is 8.42 Å². The Morgan fingerprint density at radius 1 is 1.41 bits per heavy atom. The van der Waals surface area contributed by atoms with Crippen LogP contribution in [-0.2, 0) is 10.0 Å². The summed E-state index contributed by atoms with van der Waals surface area (Å²) < 4.78 is 26.3. The lowest BCUT2D eigenvalue weighted by molar-refractivity contribution is 0.447. The third-order valence-corrected chi connectivity index (χ3v) is 5.57.